The summed E-state index contributed by atoms with van der Waals surface area (Å²) in [7, 11) is 0. The molecule has 5 heteroatoms. The van der Waals surface area contributed by atoms with Crippen molar-refractivity contribution >= 4 is 5.91 Å². The normalized spacial score (nSPS) is 17.3. The van der Waals surface area contributed by atoms with Crippen molar-refractivity contribution in [3.63, 3.8) is 0 Å². The molecule has 2 aromatic carbocycles. The van der Waals surface area contributed by atoms with E-state index >= 15 is 0 Å². The molecule has 0 spiro atoms. The van der Waals surface area contributed by atoms with Crippen LogP contribution in [0.4, 0.5) is 0 Å². The molecular weight excluding hydrogens is 374 g/mol. The molecule has 0 radical (unpaired) electrons. The molecule has 5 nitrogen and oxygen atoms in total. The molecule has 1 aliphatic rings. The molecule has 1 aromatic heterocycles. The molecule has 0 aliphatic carbocycles. The van der Waals surface area contributed by atoms with E-state index in [1.807, 2.05) is 43.3 Å². The number of rotatable bonds is 6. The van der Waals surface area contributed by atoms with Crippen molar-refractivity contribution in [1.29, 1.82) is 0 Å². The summed E-state index contributed by atoms with van der Waals surface area (Å²) >= 11 is 0. The maximum Gasteiger partial charge on any atom is 0.237 e. The number of nitrogens with zero attached hydrogens (tertiary/aromatic N) is 1. The third-order valence-electron chi connectivity index (χ3n) is 5.59. The van der Waals surface area contributed by atoms with Crippen molar-refractivity contribution in [2.24, 2.45) is 0 Å². The van der Waals surface area contributed by atoms with Gasteiger partial charge in [-0.1, -0.05) is 42.5 Å². The Labute approximate surface area is 177 Å². The zero-order chi connectivity index (χ0) is 20.9. The van der Waals surface area contributed by atoms with E-state index in [4.69, 9.17) is 4.74 Å². The number of benzene rings is 2. The van der Waals surface area contributed by atoms with Gasteiger partial charge < -0.3 is 10.1 Å². The molecule has 2 N–H and O–H groups in total. The first kappa shape index (κ1) is 20.1. The predicted octanol–water partition coefficient (Wildman–Crippen LogP) is 4.43. The monoisotopic (exact) mass is 401 g/mol. The fraction of sp³-hybridized carbons (Fsp3) is 0.280. The molecule has 0 saturated carbocycles. The highest BCUT2D eigenvalue weighted by atomic mass is 16.5. The predicted molar refractivity (Wildman–Crippen MR) is 118 cm³/mol. The molecule has 1 amide bonds. The van der Waals surface area contributed by atoms with Crippen LogP contribution in [0.25, 0.3) is 11.1 Å². The lowest BCUT2D eigenvalue weighted by molar-refractivity contribution is -0.123. The van der Waals surface area contributed by atoms with Crippen molar-refractivity contribution in [3.05, 3.63) is 84.2 Å². The van der Waals surface area contributed by atoms with Crippen LogP contribution >= 0.6 is 0 Å². The maximum absolute atomic E-state index is 12.8. The molecule has 3 aromatic rings. The molecule has 1 aliphatic heterocycles. The van der Waals surface area contributed by atoms with E-state index in [1.54, 1.807) is 12.4 Å². The lowest BCUT2D eigenvalue weighted by atomic mass is 10.00. The number of para-hydroxylation sites is 1. The van der Waals surface area contributed by atoms with Gasteiger partial charge in [0.25, 0.3) is 0 Å². The number of pyridine rings is 1. The SMILES string of the molecule is CC(NC(C)c1ccc(-c2ccncc2)cc1)C(=O)NC1CCOc2ccccc21. The van der Waals surface area contributed by atoms with E-state index in [0.29, 0.717) is 6.61 Å². The van der Waals surface area contributed by atoms with Crippen molar-refractivity contribution < 1.29 is 9.53 Å². The van der Waals surface area contributed by atoms with Gasteiger partial charge in [-0.05, 0) is 48.7 Å². The van der Waals surface area contributed by atoms with Crippen LogP contribution in [0, 0.1) is 0 Å². The van der Waals surface area contributed by atoms with Gasteiger partial charge in [-0.3, -0.25) is 15.1 Å². The summed E-state index contributed by atoms with van der Waals surface area (Å²) in [6.07, 6.45) is 4.37. The summed E-state index contributed by atoms with van der Waals surface area (Å²) in [6, 6.07) is 20.0. The van der Waals surface area contributed by atoms with Gasteiger partial charge in [0, 0.05) is 30.4 Å². The number of amides is 1. The van der Waals surface area contributed by atoms with Gasteiger partial charge >= 0.3 is 0 Å². The number of hydrogen-bond acceptors (Lipinski definition) is 4. The molecule has 2 heterocycles. The summed E-state index contributed by atoms with van der Waals surface area (Å²) in [6.45, 7) is 4.60. The molecule has 4 rings (SSSR count). The van der Waals surface area contributed by atoms with E-state index in [2.05, 4.69) is 46.8 Å². The third kappa shape index (κ3) is 4.52. The Balaban J connectivity index is 1.36. The van der Waals surface area contributed by atoms with Crippen molar-refractivity contribution in [1.82, 2.24) is 15.6 Å². The number of fused-ring (bicyclic) bond motifs is 1. The average Bonchev–Trinajstić information content (AvgIpc) is 2.80. The van der Waals surface area contributed by atoms with E-state index in [-0.39, 0.29) is 24.0 Å². The fourth-order valence-corrected chi connectivity index (χ4v) is 3.84. The highest BCUT2D eigenvalue weighted by molar-refractivity contribution is 5.82. The van der Waals surface area contributed by atoms with E-state index in [1.165, 1.54) is 0 Å². The second kappa shape index (κ2) is 9.09. The largest absolute Gasteiger partial charge is 0.493 e. The second-order valence-corrected chi connectivity index (χ2v) is 7.70. The number of nitrogens with one attached hydrogen (secondary N) is 2. The lowest BCUT2D eigenvalue weighted by Gasteiger charge is -2.28. The minimum atomic E-state index is -0.310. The van der Waals surface area contributed by atoms with E-state index in [9.17, 15) is 4.79 Å². The number of ether oxygens (including phenoxy) is 1. The van der Waals surface area contributed by atoms with Crippen LogP contribution in [-0.2, 0) is 4.79 Å². The summed E-state index contributed by atoms with van der Waals surface area (Å²) in [5, 5.41) is 6.59. The first-order valence-corrected chi connectivity index (χ1v) is 10.4. The van der Waals surface area contributed by atoms with Crippen LogP contribution in [-0.4, -0.2) is 23.5 Å². The fourth-order valence-electron chi connectivity index (χ4n) is 3.84. The van der Waals surface area contributed by atoms with Gasteiger partial charge in [0.2, 0.25) is 5.91 Å². The zero-order valence-electron chi connectivity index (χ0n) is 17.3. The molecular formula is C25H27N3O2. The highest BCUT2D eigenvalue weighted by Gasteiger charge is 2.25. The van der Waals surface area contributed by atoms with Crippen LogP contribution in [0.3, 0.4) is 0 Å². The minimum absolute atomic E-state index is 0.00282. The quantitative estimate of drug-likeness (QED) is 0.641. The second-order valence-electron chi connectivity index (χ2n) is 7.70. The van der Waals surface area contributed by atoms with Gasteiger partial charge in [-0.2, -0.15) is 0 Å². The Morgan fingerprint density at radius 3 is 2.47 bits per heavy atom. The van der Waals surface area contributed by atoms with Gasteiger partial charge in [-0.15, -0.1) is 0 Å². The molecule has 30 heavy (non-hydrogen) atoms. The minimum Gasteiger partial charge on any atom is -0.493 e. The van der Waals surface area contributed by atoms with Gasteiger partial charge in [0.05, 0.1) is 18.7 Å². The summed E-state index contributed by atoms with van der Waals surface area (Å²) in [5.74, 6) is 0.856. The maximum atomic E-state index is 12.8. The van der Waals surface area contributed by atoms with Gasteiger partial charge in [-0.25, -0.2) is 0 Å². The van der Waals surface area contributed by atoms with Crippen molar-refractivity contribution in [2.75, 3.05) is 6.61 Å². The van der Waals surface area contributed by atoms with E-state index in [0.717, 1.165) is 34.4 Å². The third-order valence-corrected chi connectivity index (χ3v) is 5.59. The lowest BCUT2D eigenvalue weighted by Crippen LogP contribution is -2.45. The smallest absolute Gasteiger partial charge is 0.237 e. The highest BCUT2D eigenvalue weighted by Crippen LogP contribution is 2.31. The summed E-state index contributed by atoms with van der Waals surface area (Å²) in [4.78, 5) is 16.9. The standard InChI is InChI=1S/C25H27N3O2/c1-17(19-7-9-20(10-8-19)21-11-14-26-15-12-21)27-18(2)25(29)28-23-13-16-30-24-6-4-3-5-22(23)24/h3-12,14-15,17-18,23,27H,13,16H2,1-2H3,(H,28,29). The summed E-state index contributed by atoms with van der Waals surface area (Å²) in [5.41, 5.74) is 4.48. The molecule has 3 atom stereocenters. The Morgan fingerprint density at radius 2 is 1.70 bits per heavy atom. The van der Waals surface area contributed by atoms with Crippen LogP contribution in [0.2, 0.25) is 0 Å². The number of carbonyl (C=O) groups is 1. The van der Waals surface area contributed by atoms with Crippen LogP contribution in [0.5, 0.6) is 5.75 Å². The Kier molecular flexibility index (Phi) is 6.10. The van der Waals surface area contributed by atoms with Crippen LogP contribution in [0.15, 0.2) is 73.1 Å². The Hall–Kier alpha value is -3.18. The number of carbonyl (C=O) groups excluding carboxylic acids is 1. The first-order chi connectivity index (χ1) is 14.6. The molecule has 0 bridgehead atoms. The average molecular weight is 402 g/mol. The van der Waals surface area contributed by atoms with Gasteiger partial charge in [0.15, 0.2) is 0 Å². The topological polar surface area (TPSA) is 63.2 Å². The van der Waals surface area contributed by atoms with Crippen LogP contribution in [0.1, 0.15) is 43.5 Å². The molecule has 154 valence electrons. The Bertz CT molecular complexity index is 989. The van der Waals surface area contributed by atoms with Crippen molar-refractivity contribution in [3.8, 4) is 16.9 Å². The number of aromatic nitrogens is 1. The van der Waals surface area contributed by atoms with Gasteiger partial charge in [0.1, 0.15) is 5.75 Å². The first-order valence-electron chi connectivity index (χ1n) is 10.4. The van der Waals surface area contributed by atoms with Crippen LogP contribution < -0.4 is 15.4 Å². The zero-order valence-corrected chi connectivity index (χ0v) is 17.3. The Morgan fingerprint density at radius 1 is 1.00 bits per heavy atom. The summed E-state index contributed by atoms with van der Waals surface area (Å²) < 4.78 is 5.69. The number of hydrogen-bond donors (Lipinski definition) is 2. The molecule has 0 fully saturated rings. The molecule has 3 unspecified atom stereocenters. The van der Waals surface area contributed by atoms with Crippen molar-refractivity contribution in [2.45, 2.75) is 38.4 Å². The molecule has 0 saturated heterocycles. The van der Waals surface area contributed by atoms with E-state index < -0.39 is 0 Å².